The number of rotatable bonds is 4. The fourth-order valence-corrected chi connectivity index (χ4v) is 1.27. The maximum absolute atomic E-state index is 4.13. The predicted molar refractivity (Wildman–Crippen MR) is 53.5 cm³/mol. The summed E-state index contributed by atoms with van der Waals surface area (Å²) >= 11 is 0. The zero-order valence-electron chi connectivity index (χ0n) is 9.04. The summed E-state index contributed by atoms with van der Waals surface area (Å²) in [6, 6.07) is 0. The van der Waals surface area contributed by atoms with Crippen LogP contribution in [0.25, 0.3) is 0 Å². The molecule has 0 aliphatic rings. The van der Waals surface area contributed by atoms with Crippen LogP contribution in [0.2, 0.25) is 0 Å². The number of aryl methyl sites for hydroxylation is 2. The van der Waals surface area contributed by atoms with Crippen LogP contribution in [0.1, 0.15) is 38.1 Å². The van der Waals surface area contributed by atoms with E-state index in [1.165, 1.54) is 18.5 Å². The number of aromatic nitrogens is 3. The lowest BCUT2D eigenvalue weighted by Gasteiger charge is -2.05. The molecule has 0 bridgehead atoms. The minimum absolute atomic E-state index is 0.793. The van der Waals surface area contributed by atoms with Crippen LogP contribution in [0.5, 0.6) is 0 Å². The van der Waals surface area contributed by atoms with E-state index in [2.05, 4.69) is 31.1 Å². The van der Waals surface area contributed by atoms with Crippen LogP contribution < -0.4 is 0 Å². The van der Waals surface area contributed by atoms with Crippen LogP contribution in [0, 0.1) is 12.8 Å². The third kappa shape index (κ3) is 2.54. The second-order valence-corrected chi connectivity index (χ2v) is 3.80. The molecule has 0 aliphatic heterocycles. The van der Waals surface area contributed by atoms with Gasteiger partial charge in [-0.1, -0.05) is 25.5 Å². The Kier molecular flexibility index (Phi) is 3.46. The molecule has 1 aromatic heterocycles. The number of hydrogen-bond donors (Lipinski definition) is 0. The second kappa shape index (κ2) is 4.40. The molecule has 0 aliphatic carbocycles. The van der Waals surface area contributed by atoms with Crippen molar-refractivity contribution >= 4 is 0 Å². The molecule has 0 saturated carbocycles. The number of nitrogens with zero attached hydrogens (tertiary/aromatic N) is 3. The molecule has 0 aromatic carbocycles. The van der Waals surface area contributed by atoms with E-state index in [-0.39, 0.29) is 0 Å². The average Bonchev–Trinajstić information content (AvgIpc) is 2.44. The minimum Gasteiger partial charge on any atom is -0.252 e. The predicted octanol–water partition coefficient (Wildman–Crippen LogP) is 2.10. The first-order valence-corrected chi connectivity index (χ1v) is 5.00. The molecule has 3 heteroatoms. The Balaban J connectivity index is 2.50. The summed E-state index contributed by atoms with van der Waals surface area (Å²) in [6.45, 7) is 6.59. The molecule has 0 amide bonds. The highest BCUT2D eigenvalue weighted by Gasteiger charge is 2.07. The Hall–Kier alpha value is -0.860. The summed E-state index contributed by atoms with van der Waals surface area (Å²) in [5, 5.41) is 8.12. The monoisotopic (exact) mass is 181 g/mol. The summed E-state index contributed by atoms with van der Waals surface area (Å²) < 4.78 is 1.84. The van der Waals surface area contributed by atoms with E-state index in [1.807, 2.05) is 11.7 Å². The normalized spacial score (nSPS) is 13.2. The van der Waals surface area contributed by atoms with Gasteiger partial charge in [0.15, 0.2) is 0 Å². The van der Waals surface area contributed by atoms with Gasteiger partial charge in [-0.05, 0) is 25.7 Å². The third-order valence-electron chi connectivity index (χ3n) is 2.77. The van der Waals surface area contributed by atoms with Crippen LogP contribution in [-0.2, 0) is 13.5 Å². The van der Waals surface area contributed by atoms with Crippen molar-refractivity contribution in [2.75, 3.05) is 0 Å². The van der Waals surface area contributed by atoms with Crippen molar-refractivity contribution in [3.05, 3.63) is 11.4 Å². The molecule has 1 heterocycles. The molecule has 1 rings (SSSR count). The SMILES string of the molecule is CCC(C)CCc1nnn(C)c1C. The van der Waals surface area contributed by atoms with E-state index < -0.39 is 0 Å². The van der Waals surface area contributed by atoms with Crippen LogP contribution in [-0.4, -0.2) is 15.0 Å². The van der Waals surface area contributed by atoms with Crippen LogP contribution in [0.3, 0.4) is 0 Å². The van der Waals surface area contributed by atoms with Crippen molar-refractivity contribution in [3.63, 3.8) is 0 Å². The van der Waals surface area contributed by atoms with Gasteiger partial charge in [-0.25, -0.2) is 0 Å². The lowest BCUT2D eigenvalue weighted by Crippen LogP contribution is -1.98. The van der Waals surface area contributed by atoms with Crippen molar-refractivity contribution in [1.29, 1.82) is 0 Å². The van der Waals surface area contributed by atoms with Crippen LogP contribution in [0.4, 0.5) is 0 Å². The summed E-state index contributed by atoms with van der Waals surface area (Å²) in [6.07, 6.45) is 3.53. The Morgan fingerprint density at radius 2 is 2.15 bits per heavy atom. The van der Waals surface area contributed by atoms with Gasteiger partial charge >= 0.3 is 0 Å². The lowest BCUT2D eigenvalue weighted by molar-refractivity contribution is 0.512. The first-order valence-electron chi connectivity index (χ1n) is 5.00. The second-order valence-electron chi connectivity index (χ2n) is 3.80. The van der Waals surface area contributed by atoms with Crippen molar-refractivity contribution in [3.8, 4) is 0 Å². The van der Waals surface area contributed by atoms with Gasteiger partial charge in [0.05, 0.1) is 11.4 Å². The van der Waals surface area contributed by atoms with Gasteiger partial charge in [0.2, 0.25) is 0 Å². The molecule has 0 spiro atoms. The zero-order valence-corrected chi connectivity index (χ0v) is 9.04. The summed E-state index contributed by atoms with van der Waals surface area (Å²) in [7, 11) is 1.94. The van der Waals surface area contributed by atoms with Gasteiger partial charge in [-0.3, -0.25) is 4.68 Å². The molecule has 0 fully saturated rings. The molecule has 74 valence electrons. The van der Waals surface area contributed by atoms with Gasteiger partial charge in [-0.2, -0.15) is 0 Å². The Morgan fingerprint density at radius 1 is 1.46 bits per heavy atom. The molecule has 0 N–H and O–H groups in total. The molecular weight excluding hydrogens is 162 g/mol. The Bertz CT molecular complexity index is 265. The van der Waals surface area contributed by atoms with Crippen molar-refractivity contribution in [2.24, 2.45) is 13.0 Å². The average molecular weight is 181 g/mol. The molecule has 1 unspecified atom stereocenters. The highest BCUT2D eigenvalue weighted by Crippen LogP contribution is 2.12. The standard InChI is InChI=1S/C10H19N3/c1-5-8(2)6-7-10-9(3)13(4)12-11-10/h8H,5-7H2,1-4H3. The molecular formula is C10H19N3. The van der Waals surface area contributed by atoms with E-state index >= 15 is 0 Å². The van der Waals surface area contributed by atoms with Crippen molar-refractivity contribution in [2.45, 2.75) is 40.0 Å². The molecule has 0 saturated heterocycles. The largest absolute Gasteiger partial charge is 0.252 e. The molecule has 3 nitrogen and oxygen atoms in total. The van der Waals surface area contributed by atoms with Gasteiger partial charge in [-0.15, -0.1) is 5.10 Å². The Morgan fingerprint density at radius 3 is 2.62 bits per heavy atom. The van der Waals surface area contributed by atoms with Crippen molar-refractivity contribution < 1.29 is 0 Å². The molecule has 1 atom stereocenters. The van der Waals surface area contributed by atoms with E-state index in [4.69, 9.17) is 0 Å². The summed E-state index contributed by atoms with van der Waals surface area (Å²) in [5.74, 6) is 0.793. The van der Waals surface area contributed by atoms with Gasteiger partial charge in [0.25, 0.3) is 0 Å². The molecule has 1 aromatic rings. The van der Waals surface area contributed by atoms with E-state index in [0.29, 0.717) is 0 Å². The van der Waals surface area contributed by atoms with Gasteiger partial charge < -0.3 is 0 Å². The number of hydrogen-bond acceptors (Lipinski definition) is 2. The highest BCUT2D eigenvalue weighted by molar-refractivity contribution is 5.07. The first kappa shape index (κ1) is 10.2. The van der Waals surface area contributed by atoms with Crippen molar-refractivity contribution in [1.82, 2.24) is 15.0 Å². The minimum atomic E-state index is 0.793. The van der Waals surface area contributed by atoms with Crippen LogP contribution in [0.15, 0.2) is 0 Å². The first-order chi connectivity index (χ1) is 6.15. The van der Waals surface area contributed by atoms with E-state index in [1.54, 1.807) is 0 Å². The van der Waals surface area contributed by atoms with E-state index in [0.717, 1.165) is 18.0 Å². The van der Waals surface area contributed by atoms with Gasteiger partial charge in [0.1, 0.15) is 0 Å². The topological polar surface area (TPSA) is 30.7 Å². The maximum Gasteiger partial charge on any atom is 0.0856 e. The van der Waals surface area contributed by atoms with E-state index in [9.17, 15) is 0 Å². The smallest absolute Gasteiger partial charge is 0.0856 e. The third-order valence-corrected chi connectivity index (χ3v) is 2.77. The zero-order chi connectivity index (χ0) is 9.84. The lowest BCUT2D eigenvalue weighted by atomic mass is 10.0. The molecule has 0 radical (unpaired) electrons. The fourth-order valence-electron chi connectivity index (χ4n) is 1.27. The molecule has 13 heavy (non-hydrogen) atoms. The van der Waals surface area contributed by atoms with Gasteiger partial charge in [0, 0.05) is 7.05 Å². The summed E-state index contributed by atoms with van der Waals surface area (Å²) in [4.78, 5) is 0. The summed E-state index contributed by atoms with van der Waals surface area (Å²) in [5.41, 5.74) is 2.35. The highest BCUT2D eigenvalue weighted by atomic mass is 15.4. The van der Waals surface area contributed by atoms with Crippen LogP contribution >= 0.6 is 0 Å². The quantitative estimate of drug-likeness (QED) is 0.712. The Labute approximate surface area is 80.1 Å². The maximum atomic E-state index is 4.13. The fraction of sp³-hybridized carbons (Fsp3) is 0.800.